The third-order valence-corrected chi connectivity index (χ3v) is 6.58. The Bertz CT molecular complexity index is 792. The number of anilines is 1. The maximum atomic E-state index is 12.0. The van der Waals surface area contributed by atoms with Gasteiger partial charge >= 0.3 is 0 Å². The molecule has 0 atom stereocenters. The predicted molar refractivity (Wildman–Crippen MR) is 103 cm³/mol. The molecule has 1 aliphatic heterocycles. The third kappa shape index (κ3) is 3.01. The van der Waals surface area contributed by atoms with E-state index >= 15 is 0 Å². The molecule has 2 aliphatic rings. The van der Waals surface area contributed by atoms with E-state index in [1.165, 1.54) is 39.9 Å². The fourth-order valence-electron chi connectivity index (χ4n) is 3.96. The summed E-state index contributed by atoms with van der Waals surface area (Å²) in [5, 5.41) is 1.30. The highest BCUT2D eigenvalue weighted by molar-refractivity contribution is 7.19. The van der Waals surface area contributed by atoms with Crippen molar-refractivity contribution in [1.82, 2.24) is 14.9 Å². The number of hydrogen-bond acceptors (Lipinski definition) is 5. The molecule has 0 saturated carbocycles. The number of thiophene rings is 1. The van der Waals surface area contributed by atoms with Gasteiger partial charge in [0.1, 0.15) is 16.5 Å². The molecule has 6 heteroatoms. The molecule has 1 fully saturated rings. The Morgan fingerprint density at radius 2 is 1.84 bits per heavy atom. The molecule has 3 heterocycles. The maximum absolute atomic E-state index is 12.0. The number of carbonyl (C=O) groups is 1. The van der Waals surface area contributed by atoms with Gasteiger partial charge in [0.25, 0.3) is 0 Å². The third-order valence-electron chi connectivity index (χ3n) is 5.39. The number of carbonyl (C=O) groups excluding carboxylic acids is 1. The molecule has 25 heavy (non-hydrogen) atoms. The quantitative estimate of drug-likeness (QED) is 0.845. The number of rotatable bonds is 3. The lowest BCUT2D eigenvalue weighted by molar-refractivity contribution is -0.131. The van der Waals surface area contributed by atoms with Crippen molar-refractivity contribution in [1.29, 1.82) is 0 Å². The molecule has 4 rings (SSSR count). The topological polar surface area (TPSA) is 49.3 Å². The second kappa shape index (κ2) is 6.90. The molecular weight excluding hydrogens is 332 g/mol. The van der Waals surface area contributed by atoms with E-state index in [1.807, 2.05) is 23.2 Å². The number of piperazine rings is 1. The van der Waals surface area contributed by atoms with Crippen LogP contribution in [-0.4, -0.2) is 47.0 Å². The Morgan fingerprint density at radius 1 is 1.08 bits per heavy atom. The standard InChI is InChI=1S/C19H26N4OS/c1-3-15-20-18(23-11-9-22(10-12-23)16(24)4-2)17-13-7-5-6-8-14(13)25-19(17)21-15/h3-12H2,1-2H3. The van der Waals surface area contributed by atoms with E-state index in [9.17, 15) is 4.79 Å². The lowest BCUT2D eigenvalue weighted by Crippen LogP contribution is -2.49. The average Bonchev–Trinajstić information content (AvgIpc) is 3.05. The molecular formula is C19H26N4OS. The van der Waals surface area contributed by atoms with Crippen LogP contribution in [-0.2, 0) is 24.1 Å². The van der Waals surface area contributed by atoms with Crippen LogP contribution >= 0.6 is 11.3 Å². The second-order valence-corrected chi connectivity index (χ2v) is 8.01. The van der Waals surface area contributed by atoms with Gasteiger partial charge in [-0.05, 0) is 31.2 Å². The summed E-state index contributed by atoms with van der Waals surface area (Å²) in [7, 11) is 0. The van der Waals surface area contributed by atoms with E-state index in [0.29, 0.717) is 6.42 Å². The Kier molecular flexibility index (Phi) is 4.63. The largest absolute Gasteiger partial charge is 0.352 e. The summed E-state index contributed by atoms with van der Waals surface area (Å²) in [5.74, 6) is 2.31. The highest BCUT2D eigenvalue weighted by Crippen LogP contribution is 2.40. The molecule has 0 N–H and O–H groups in total. The van der Waals surface area contributed by atoms with E-state index in [-0.39, 0.29) is 5.91 Å². The lowest BCUT2D eigenvalue weighted by atomic mass is 9.97. The van der Waals surface area contributed by atoms with Gasteiger partial charge in [-0.1, -0.05) is 13.8 Å². The van der Waals surface area contributed by atoms with Crippen molar-refractivity contribution in [3.8, 4) is 0 Å². The zero-order chi connectivity index (χ0) is 17.4. The highest BCUT2D eigenvalue weighted by atomic mass is 32.1. The van der Waals surface area contributed by atoms with Crippen LogP contribution in [0.25, 0.3) is 10.2 Å². The van der Waals surface area contributed by atoms with Gasteiger partial charge < -0.3 is 9.80 Å². The van der Waals surface area contributed by atoms with Crippen LogP contribution in [0.5, 0.6) is 0 Å². The van der Waals surface area contributed by atoms with Crippen LogP contribution < -0.4 is 4.90 Å². The van der Waals surface area contributed by atoms with E-state index in [2.05, 4.69) is 11.8 Å². The minimum Gasteiger partial charge on any atom is -0.352 e. The molecule has 0 unspecified atom stereocenters. The molecule has 1 saturated heterocycles. The van der Waals surface area contributed by atoms with E-state index in [4.69, 9.17) is 9.97 Å². The number of aryl methyl sites for hydroxylation is 3. The maximum Gasteiger partial charge on any atom is 0.222 e. The molecule has 0 radical (unpaired) electrons. The fraction of sp³-hybridized carbons (Fsp3) is 0.632. The molecule has 1 aliphatic carbocycles. The van der Waals surface area contributed by atoms with Gasteiger partial charge in [-0.3, -0.25) is 4.79 Å². The van der Waals surface area contributed by atoms with Gasteiger partial charge in [0.15, 0.2) is 0 Å². The first kappa shape index (κ1) is 16.8. The first-order valence-electron chi connectivity index (χ1n) is 9.55. The number of amides is 1. The summed E-state index contributed by atoms with van der Waals surface area (Å²) < 4.78 is 0. The summed E-state index contributed by atoms with van der Waals surface area (Å²) in [6, 6.07) is 0. The van der Waals surface area contributed by atoms with E-state index in [1.54, 1.807) is 0 Å². The fourth-order valence-corrected chi connectivity index (χ4v) is 5.23. The van der Waals surface area contributed by atoms with Crippen LogP contribution in [0.3, 0.4) is 0 Å². The van der Waals surface area contributed by atoms with Crippen molar-refractivity contribution < 1.29 is 4.79 Å². The minimum atomic E-state index is 0.259. The van der Waals surface area contributed by atoms with Gasteiger partial charge in [0, 0.05) is 43.9 Å². The Labute approximate surface area is 153 Å². The van der Waals surface area contributed by atoms with Gasteiger partial charge in [-0.15, -0.1) is 11.3 Å². The summed E-state index contributed by atoms with van der Waals surface area (Å²) >= 11 is 1.87. The van der Waals surface area contributed by atoms with Crippen LogP contribution in [0, 0.1) is 0 Å². The minimum absolute atomic E-state index is 0.259. The highest BCUT2D eigenvalue weighted by Gasteiger charge is 2.26. The summed E-state index contributed by atoms with van der Waals surface area (Å²) in [6.07, 6.45) is 6.37. The molecule has 2 aromatic heterocycles. The Hall–Kier alpha value is -1.69. The lowest BCUT2D eigenvalue weighted by Gasteiger charge is -2.36. The summed E-state index contributed by atoms with van der Waals surface area (Å²) in [5.41, 5.74) is 1.50. The predicted octanol–water partition coefficient (Wildman–Crippen LogP) is 3.19. The number of nitrogens with zero attached hydrogens (tertiary/aromatic N) is 4. The normalized spacial score (nSPS) is 17.8. The number of fused-ring (bicyclic) bond motifs is 3. The van der Waals surface area contributed by atoms with E-state index in [0.717, 1.165) is 50.7 Å². The van der Waals surface area contributed by atoms with Crippen molar-refractivity contribution in [2.45, 2.75) is 52.4 Å². The molecule has 0 aromatic carbocycles. The smallest absolute Gasteiger partial charge is 0.222 e. The summed E-state index contributed by atoms with van der Waals surface area (Å²) in [4.78, 5) is 28.8. The van der Waals surface area contributed by atoms with Gasteiger partial charge in [0.2, 0.25) is 5.91 Å². The molecule has 0 bridgehead atoms. The van der Waals surface area contributed by atoms with Crippen LogP contribution in [0.4, 0.5) is 5.82 Å². The van der Waals surface area contributed by atoms with Crippen LogP contribution in [0.15, 0.2) is 0 Å². The van der Waals surface area contributed by atoms with Crippen molar-refractivity contribution in [2.24, 2.45) is 0 Å². The first-order chi connectivity index (χ1) is 12.2. The molecule has 5 nitrogen and oxygen atoms in total. The van der Waals surface area contributed by atoms with Gasteiger partial charge in [-0.2, -0.15) is 0 Å². The monoisotopic (exact) mass is 358 g/mol. The van der Waals surface area contributed by atoms with Crippen LogP contribution in [0.1, 0.15) is 49.4 Å². The second-order valence-electron chi connectivity index (χ2n) is 6.93. The first-order valence-corrected chi connectivity index (χ1v) is 10.4. The van der Waals surface area contributed by atoms with Gasteiger partial charge in [0.05, 0.1) is 5.39 Å². The zero-order valence-corrected chi connectivity index (χ0v) is 16.0. The molecule has 134 valence electrons. The number of hydrogen-bond donors (Lipinski definition) is 0. The van der Waals surface area contributed by atoms with Gasteiger partial charge in [-0.25, -0.2) is 9.97 Å². The van der Waals surface area contributed by atoms with Crippen molar-refractivity contribution in [3.63, 3.8) is 0 Å². The molecule has 0 spiro atoms. The Balaban J connectivity index is 1.71. The zero-order valence-electron chi connectivity index (χ0n) is 15.2. The van der Waals surface area contributed by atoms with Crippen molar-refractivity contribution >= 4 is 33.3 Å². The van der Waals surface area contributed by atoms with Crippen molar-refractivity contribution in [2.75, 3.05) is 31.1 Å². The molecule has 1 amide bonds. The van der Waals surface area contributed by atoms with E-state index < -0.39 is 0 Å². The van der Waals surface area contributed by atoms with Crippen LogP contribution in [0.2, 0.25) is 0 Å². The Morgan fingerprint density at radius 3 is 2.56 bits per heavy atom. The summed E-state index contributed by atoms with van der Waals surface area (Å²) in [6.45, 7) is 7.39. The SMILES string of the molecule is CCC(=O)N1CCN(c2nc(CC)nc3sc4c(c23)CCCC4)CC1. The molecule has 2 aromatic rings. The van der Waals surface area contributed by atoms with Crippen molar-refractivity contribution in [3.05, 3.63) is 16.3 Å². The number of aromatic nitrogens is 2. The average molecular weight is 359 g/mol.